The number of methoxy groups -OCH3 is 1. The van der Waals surface area contributed by atoms with E-state index in [0.717, 1.165) is 12.2 Å². The molecule has 0 radical (unpaired) electrons. The second-order valence-corrected chi connectivity index (χ2v) is 15.4. The second kappa shape index (κ2) is 14.9. The van der Waals surface area contributed by atoms with Gasteiger partial charge in [0.15, 0.2) is 0 Å². The molecule has 0 saturated heterocycles. The fourth-order valence-corrected chi connectivity index (χ4v) is 2.52. The molecule has 0 saturated carbocycles. The molecule has 3 aromatic carbocycles. The summed E-state index contributed by atoms with van der Waals surface area (Å²) in [4.78, 5) is 0. The molecule has 0 bridgehead atoms. The Morgan fingerprint density at radius 3 is 2.21 bits per heavy atom. The van der Waals surface area contributed by atoms with Gasteiger partial charge in [0.1, 0.15) is 5.75 Å². The predicted octanol–water partition coefficient (Wildman–Crippen LogP) is 7.17. The molecule has 3 aromatic rings. The Bertz CT molecular complexity index is 884. The maximum atomic E-state index is 5.18. The van der Waals surface area contributed by atoms with Crippen molar-refractivity contribution in [2.24, 2.45) is 0 Å². The van der Waals surface area contributed by atoms with Gasteiger partial charge in [-0.3, -0.25) is 6.08 Å². The van der Waals surface area contributed by atoms with Gasteiger partial charge in [-0.2, -0.15) is 18.2 Å². The SMILES string of the molecule is COc1ccc(-c2cccc3[cH-]ccc23)cc1.C[Si](C)=[Zr+2].Cl.Cl.[C-]1=CC=CC1. The Balaban J connectivity index is 0.000000559. The molecule has 0 unspecified atom stereocenters. The van der Waals surface area contributed by atoms with Crippen LogP contribution in [0.1, 0.15) is 6.42 Å². The van der Waals surface area contributed by atoms with Crippen LogP contribution in [0.25, 0.3) is 21.9 Å². The number of fused-ring (bicyclic) bond motifs is 1. The molecule has 1 nitrogen and oxygen atoms in total. The number of hydrogen-bond donors (Lipinski definition) is 0. The molecule has 0 aromatic heterocycles. The van der Waals surface area contributed by atoms with Crippen LogP contribution >= 0.6 is 24.8 Å². The quantitative estimate of drug-likeness (QED) is 0.263. The second-order valence-electron chi connectivity index (χ2n) is 6.07. The van der Waals surface area contributed by atoms with Crippen molar-refractivity contribution >= 4 is 41.0 Å². The van der Waals surface area contributed by atoms with Gasteiger partial charge >= 0.3 is 41.9 Å². The van der Waals surface area contributed by atoms with E-state index in [4.69, 9.17) is 4.74 Å². The normalized spacial score (nSPS) is 10.6. The maximum Gasteiger partial charge on any atom is -0.109 e. The van der Waals surface area contributed by atoms with Crippen LogP contribution in [0.4, 0.5) is 0 Å². The van der Waals surface area contributed by atoms with E-state index >= 15 is 0 Å². The summed E-state index contributed by atoms with van der Waals surface area (Å²) in [6.45, 7) is 4.62. The molecule has 1 aliphatic rings. The van der Waals surface area contributed by atoms with E-state index < -0.39 is 0 Å². The molecule has 0 heterocycles. The zero-order valence-electron chi connectivity index (χ0n) is 16.4. The molecule has 146 valence electrons. The van der Waals surface area contributed by atoms with Crippen molar-refractivity contribution < 1.29 is 28.1 Å². The molecule has 4 rings (SSSR count). The van der Waals surface area contributed by atoms with Crippen LogP contribution in [0.5, 0.6) is 5.75 Å². The van der Waals surface area contributed by atoms with Crippen LogP contribution in [0, 0.1) is 6.08 Å². The Hall–Kier alpha value is -0.990. The Morgan fingerprint density at radius 2 is 1.71 bits per heavy atom. The predicted molar refractivity (Wildman–Crippen MR) is 125 cm³/mol. The van der Waals surface area contributed by atoms with Crippen molar-refractivity contribution in [3.8, 4) is 16.9 Å². The number of ether oxygens (including phenoxy) is 1. The summed E-state index contributed by atoms with van der Waals surface area (Å²) in [7, 11) is 1.69. The van der Waals surface area contributed by atoms with E-state index in [1.54, 1.807) is 30.4 Å². The van der Waals surface area contributed by atoms with Crippen molar-refractivity contribution in [3.05, 3.63) is 85.0 Å². The van der Waals surface area contributed by atoms with Crippen molar-refractivity contribution in [3.63, 3.8) is 0 Å². The Morgan fingerprint density at radius 1 is 1.04 bits per heavy atom. The van der Waals surface area contributed by atoms with Crippen LogP contribution in [-0.4, -0.2) is 12.5 Å². The summed E-state index contributed by atoms with van der Waals surface area (Å²) in [6, 6.07) is 21.0. The van der Waals surface area contributed by atoms with Crippen LogP contribution in [-0.2, 0) is 23.3 Å². The summed E-state index contributed by atoms with van der Waals surface area (Å²) in [5.41, 5.74) is 2.71. The van der Waals surface area contributed by atoms with Gasteiger partial charge in [0.05, 0.1) is 7.11 Å². The summed E-state index contributed by atoms with van der Waals surface area (Å²) < 4.78 is 5.18. The first-order valence-corrected chi connectivity index (χ1v) is 14.8. The topological polar surface area (TPSA) is 9.23 Å². The molecule has 0 aliphatic heterocycles. The van der Waals surface area contributed by atoms with E-state index in [2.05, 4.69) is 73.8 Å². The van der Waals surface area contributed by atoms with E-state index in [-0.39, 0.29) is 30.2 Å². The molecule has 0 amide bonds. The third-order valence-corrected chi connectivity index (χ3v) is 3.67. The van der Waals surface area contributed by atoms with Crippen LogP contribution in [0.15, 0.2) is 78.9 Å². The first kappa shape index (κ1) is 27.0. The average molecular weight is 509 g/mol. The number of benzene rings is 2. The Kier molecular flexibility index (Phi) is 14.4. The molecule has 28 heavy (non-hydrogen) atoms. The molecule has 1 aliphatic carbocycles. The van der Waals surface area contributed by atoms with Gasteiger partial charge in [0, 0.05) is 0 Å². The molecule has 0 spiro atoms. The van der Waals surface area contributed by atoms with Gasteiger partial charge in [-0.25, -0.2) is 12.2 Å². The van der Waals surface area contributed by atoms with Gasteiger partial charge in [-0.05, 0) is 17.7 Å². The molecule has 5 heteroatoms. The van der Waals surface area contributed by atoms with Crippen LogP contribution < -0.4 is 4.74 Å². The number of allylic oxidation sites excluding steroid dienone is 4. The fraction of sp³-hybridized carbons (Fsp3) is 0.174. The van der Waals surface area contributed by atoms with E-state index in [0.29, 0.717) is 0 Å². The molecule has 0 N–H and O–H groups in total. The standard InChI is InChI=1S/C16H13O.C5H5.C2H6Si.2ClH.Zr/c1-17-14-10-8-13(9-11-14)16-7-3-5-12-4-2-6-15(12)16;1-2-4-5-3-1;1-3-2;;;/h2-11H,1H3;1-3H,4H2;1-2H3;2*1H;/q2*-1;;;;+2. The van der Waals surface area contributed by atoms with Gasteiger partial charge in [0.2, 0.25) is 0 Å². The van der Waals surface area contributed by atoms with Crippen molar-refractivity contribution in [1.29, 1.82) is 0 Å². The first-order valence-electron chi connectivity index (χ1n) is 8.64. The maximum absolute atomic E-state index is 5.18. The minimum Gasteiger partial charge on any atom is -0.273 e. The molecule has 0 atom stereocenters. The third kappa shape index (κ3) is 9.01. The van der Waals surface area contributed by atoms with Crippen LogP contribution in [0.3, 0.4) is 0 Å². The smallest absolute Gasteiger partial charge is 0.109 e. The zero-order valence-corrected chi connectivity index (χ0v) is 21.5. The summed E-state index contributed by atoms with van der Waals surface area (Å²) >= 11 is 1.74. The molecule has 0 fully saturated rings. The third-order valence-electron chi connectivity index (χ3n) is 3.67. The zero-order chi connectivity index (χ0) is 18.8. The Labute approximate surface area is 196 Å². The van der Waals surface area contributed by atoms with Crippen molar-refractivity contribution in [1.82, 2.24) is 0 Å². The molecular formula is C23H26Cl2OSiZr. The summed E-state index contributed by atoms with van der Waals surface area (Å²) in [5.74, 6) is 0.892. The minimum absolute atomic E-state index is 0. The minimum atomic E-state index is 0. The van der Waals surface area contributed by atoms with Gasteiger partial charge < -0.3 is 4.74 Å². The van der Waals surface area contributed by atoms with Crippen molar-refractivity contribution in [2.75, 3.05) is 7.11 Å². The van der Waals surface area contributed by atoms with Gasteiger partial charge in [-0.15, -0.1) is 60.2 Å². The monoisotopic (exact) mass is 506 g/mol. The number of halogens is 2. The van der Waals surface area contributed by atoms with Gasteiger partial charge in [-0.1, -0.05) is 23.8 Å². The van der Waals surface area contributed by atoms with Crippen LogP contribution in [0.2, 0.25) is 13.1 Å². The summed E-state index contributed by atoms with van der Waals surface area (Å²) in [5, 5.41) is 2.59. The van der Waals surface area contributed by atoms with E-state index in [1.807, 2.05) is 24.3 Å². The first-order chi connectivity index (χ1) is 12.6. The van der Waals surface area contributed by atoms with Gasteiger partial charge in [0.25, 0.3) is 0 Å². The van der Waals surface area contributed by atoms with E-state index in [1.165, 1.54) is 21.9 Å². The number of rotatable bonds is 2. The molecular weight excluding hydrogens is 482 g/mol. The summed E-state index contributed by atoms with van der Waals surface area (Å²) in [6.07, 6.45) is 10.0. The average Bonchev–Trinajstić information content (AvgIpc) is 3.35. The van der Waals surface area contributed by atoms with E-state index in [9.17, 15) is 0 Å². The largest absolute Gasteiger partial charge is 0.273 e. The fourth-order valence-electron chi connectivity index (χ4n) is 2.52. The van der Waals surface area contributed by atoms with Crippen molar-refractivity contribution in [2.45, 2.75) is 19.5 Å². The number of hydrogen-bond acceptors (Lipinski definition) is 1.